The molecule has 0 radical (unpaired) electrons. The third-order valence-electron chi connectivity index (χ3n) is 4.05. The van der Waals surface area contributed by atoms with Crippen LogP contribution in [0.25, 0.3) is 10.9 Å². The van der Waals surface area contributed by atoms with Crippen LogP contribution in [0.15, 0.2) is 48.9 Å². The molecule has 0 aliphatic rings. The van der Waals surface area contributed by atoms with Crippen LogP contribution in [0.3, 0.4) is 0 Å². The van der Waals surface area contributed by atoms with E-state index in [-0.39, 0.29) is 5.91 Å². The minimum Gasteiger partial charge on any atom is -0.354 e. The Kier molecular flexibility index (Phi) is 4.76. The van der Waals surface area contributed by atoms with Gasteiger partial charge in [-0.2, -0.15) is 0 Å². The van der Waals surface area contributed by atoms with Crippen molar-refractivity contribution in [3.63, 3.8) is 0 Å². The van der Waals surface area contributed by atoms with E-state index >= 15 is 0 Å². The number of rotatable bonds is 7. The number of aromatic nitrogens is 3. The van der Waals surface area contributed by atoms with E-state index in [0.717, 1.165) is 18.8 Å². The van der Waals surface area contributed by atoms with Gasteiger partial charge in [-0.1, -0.05) is 25.1 Å². The molecular formula is C18H22N4O. The SMILES string of the molecule is CCc1nccn1CCC(=O)NCCn1ccc2ccccc21. The van der Waals surface area contributed by atoms with Crippen LogP contribution in [0.4, 0.5) is 0 Å². The van der Waals surface area contributed by atoms with Crippen LogP contribution >= 0.6 is 0 Å². The Labute approximate surface area is 135 Å². The largest absolute Gasteiger partial charge is 0.354 e. The summed E-state index contributed by atoms with van der Waals surface area (Å²) in [6.07, 6.45) is 7.15. The minimum atomic E-state index is 0.0808. The Morgan fingerprint density at radius 3 is 2.87 bits per heavy atom. The Morgan fingerprint density at radius 2 is 2.00 bits per heavy atom. The van der Waals surface area contributed by atoms with Gasteiger partial charge in [0.05, 0.1) is 0 Å². The number of carbonyl (C=O) groups is 1. The molecule has 23 heavy (non-hydrogen) atoms. The van der Waals surface area contributed by atoms with Gasteiger partial charge in [-0.05, 0) is 17.5 Å². The molecule has 0 fully saturated rings. The van der Waals surface area contributed by atoms with Crippen molar-refractivity contribution in [1.82, 2.24) is 19.4 Å². The van der Waals surface area contributed by atoms with Crippen molar-refractivity contribution in [2.75, 3.05) is 6.54 Å². The number of hydrogen-bond acceptors (Lipinski definition) is 2. The van der Waals surface area contributed by atoms with Gasteiger partial charge in [-0.3, -0.25) is 4.79 Å². The third kappa shape index (κ3) is 3.62. The number of nitrogens with one attached hydrogen (secondary N) is 1. The molecule has 0 saturated carbocycles. The molecule has 0 saturated heterocycles. The number of hydrogen-bond donors (Lipinski definition) is 1. The molecule has 3 aromatic rings. The fourth-order valence-electron chi connectivity index (χ4n) is 2.82. The summed E-state index contributed by atoms with van der Waals surface area (Å²) in [4.78, 5) is 16.2. The lowest BCUT2D eigenvalue weighted by atomic mass is 10.2. The van der Waals surface area contributed by atoms with Gasteiger partial charge in [-0.15, -0.1) is 0 Å². The van der Waals surface area contributed by atoms with E-state index in [0.29, 0.717) is 19.5 Å². The van der Waals surface area contributed by atoms with Gasteiger partial charge in [0, 0.05) is 56.6 Å². The van der Waals surface area contributed by atoms with E-state index in [2.05, 4.69) is 46.2 Å². The van der Waals surface area contributed by atoms with Gasteiger partial charge in [0.15, 0.2) is 0 Å². The molecule has 1 amide bonds. The molecule has 0 aliphatic carbocycles. The predicted molar refractivity (Wildman–Crippen MR) is 91.2 cm³/mol. The molecule has 120 valence electrons. The Balaban J connectivity index is 1.46. The van der Waals surface area contributed by atoms with E-state index in [1.807, 2.05) is 22.9 Å². The number of nitrogens with zero attached hydrogens (tertiary/aromatic N) is 3. The van der Waals surface area contributed by atoms with Gasteiger partial charge in [0.2, 0.25) is 5.91 Å². The molecule has 0 bridgehead atoms. The number of imidazole rings is 1. The quantitative estimate of drug-likeness (QED) is 0.729. The fourth-order valence-corrected chi connectivity index (χ4v) is 2.82. The summed E-state index contributed by atoms with van der Waals surface area (Å²) in [5.41, 5.74) is 1.20. The summed E-state index contributed by atoms with van der Waals surface area (Å²) in [5, 5.41) is 4.22. The van der Waals surface area contributed by atoms with Gasteiger partial charge < -0.3 is 14.5 Å². The first-order valence-corrected chi connectivity index (χ1v) is 8.08. The first kappa shape index (κ1) is 15.3. The maximum Gasteiger partial charge on any atom is 0.221 e. The van der Waals surface area contributed by atoms with Crippen molar-refractivity contribution < 1.29 is 4.79 Å². The van der Waals surface area contributed by atoms with Crippen LogP contribution in [0.5, 0.6) is 0 Å². The molecule has 5 nitrogen and oxygen atoms in total. The predicted octanol–water partition coefficient (Wildman–Crippen LogP) is 2.61. The zero-order chi connectivity index (χ0) is 16.1. The number of carbonyl (C=O) groups excluding carboxylic acids is 1. The van der Waals surface area contributed by atoms with Gasteiger partial charge >= 0.3 is 0 Å². The van der Waals surface area contributed by atoms with Crippen LogP contribution in [-0.4, -0.2) is 26.6 Å². The van der Waals surface area contributed by atoms with E-state index in [1.54, 1.807) is 6.20 Å². The standard InChI is InChI=1S/C18H22N4O/c1-2-17-19-9-14-22(17)12-8-18(23)20-10-13-21-11-7-15-5-3-4-6-16(15)21/h3-7,9,11,14H,2,8,10,12-13H2,1H3,(H,20,23). The highest BCUT2D eigenvalue weighted by Crippen LogP contribution is 2.14. The lowest BCUT2D eigenvalue weighted by Crippen LogP contribution is -2.28. The highest BCUT2D eigenvalue weighted by Gasteiger charge is 2.05. The molecule has 0 spiro atoms. The first-order chi connectivity index (χ1) is 11.3. The maximum absolute atomic E-state index is 12.0. The van der Waals surface area contributed by atoms with Gasteiger partial charge in [0.1, 0.15) is 5.82 Å². The van der Waals surface area contributed by atoms with Gasteiger partial charge in [-0.25, -0.2) is 4.98 Å². The summed E-state index contributed by atoms with van der Waals surface area (Å²) in [5.74, 6) is 1.11. The van der Waals surface area contributed by atoms with Crippen LogP contribution in [0.1, 0.15) is 19.2 Å². The second-order valence-corrected chi connectivity index (χ2v) is 5.56. The summed E-state index contributed by atoms with van der Waals surface area (Å²) in [7, 11) is 0. The highest BCUT2D eigenvalue weighted by atomic mass is 16.1. The summed E-state index contributed by atoms with van der Waals surface area (Å²) >= 11 is 0. The van der Waals surface area contributed by atoms with Gasteiger partial charge in [0.25, 0.3) is 0 Å². The van der Waals surface area contributed by atoms with Crippen LogP contribution < -0.4 is 5.32 Å². The van der Waals surface area contributed by atoms with E-state index in [1.165, 1.54) is 10.9 Å². The topological polar surface area (TPSA) is 51.9 Å². The molecule has 1 N–H and O–H groups in total. The number of fused-ring (bicyclic) bond motifs is 1. The first-order valence-electron chi connectivity index (χ1n) is 8.08. The van der Waals surface area contributed by atoms with Crippen molar-refractivity contribution in [3.05, 3.63) is 54.7 Å². The number of aryl methyl sites for hydroxylation is 2. The number of para-hydroxylation sites is 1. The molecule has 0 aliphatic heterocycles. The van der Waals surface area contributed by atoms with E-state index < -0.39 is 0 Å². The number of amides is 1. The second kappa shape index (κ2) is 7.13. The maximum atomic E-state index is 12.0. The third-order valence-corrected chi connectivity index (χ3v) is 4.05. The Hall–Kier alpha value is -2.56. The molecule has 0 unspecified atom stereocenters. The van der Waals surface area contributed by atoms with Crippen LogP contribution in [0.2, 0.25) is 0 Å². The lowest BCUT2D eigenvalue weighted by molar-refractivity contribution is -0.121. The van der Waals surface area contributed by atoms with Crippen LogP contribution in [-0.2, 0) is 24.3 Å². The Morgan fingerprint density at radius 1 is 1.13 bits per heavy atom. The zero-order valence-corrected chi connectivity index (χ0v) is 13.4. The van der Waals surface area contributed by atoms with Crippen molar-refractivity contribution >= 4 is 16.8 Å². The zero-order valence-electron chi connectivity index (χ0n) is 13.4. The molecule has 2 heterocycles. The molecular weight excluding hydrogens is 288 g/mol. The molecule has 2 aromatic heterocycles. The molecule has 0 atom stereocenters. The van der Waals surface area contributed by atoms with Crippen molar-refractivity contribution in [2.24, 2.45) is 0 Å². The summed E-state index contributed by atoms with van der Waals surface area (Å²) in [6, 6.07) is 10.4. The normalized spacial score (nSPS) is 11.0. The monoisotopic (exact) mass is 310 g/mol. The van der Waals surface area contributed by atoms with Crippen LogP contribution in [0, 0.1) is 0 Å². The average Bonchev–Trinajstić information content (AvgIpc) is 3.19. The van der Waals surface area contributed by atoms with Crippen molar-refractivity contribution in [1.29, 1.82) is 0 Å². The molecule has 5 heteroatoms. The Bertz CT molecular complexity index is 787. The number of benzene rings is 1. The summed E-state index contributed by atoms with van der Waals surface area (Å²) < 4.78 is 4.21. The molecule has 1 aromatic carbocycles. The average molecular weight is 310 g/mol. The minimum absolute atomic E-state index is 0.0808. The second-order valence-electron chi connectivity index (χ2n) is 5.56. The van der Waals surface area contributed by atoms with Crippen molar-refractivity contribution in [2.45, 2.75) is 32.9 Å². The lowest BCUT2D eigenvalue weighted by Gasteiger charge is -2.09. The van der Waals surface area contributed by atoms with E-state index in [4.69, 9.17) is 0 Å². The smallest absolute Gasteiger partial charge is 0.221 e. The van der Waals surface area contributed by atoms with E-state index in [9.17, 15) is 4.79 Å². The highest BCUT2D eigenvalue weighted by molar-refractivity contribution is 5.80. The summed E-state index contributed by atoms with van der Waals surface area (Å²) in [6.45, 7) is 4.17. The van der Waals surface area contributed by atoms with Crippen molar-refractivity contribution in [3.8, 4) is 0 Å². The fraction of sp³-hybridized carbons (Fsp3) is 0.333. The molecule has 3 rings (SSSR count).